The van der Waals surface area contributed by atoms with Crippen LogP contribution in [0.5, 0.6) is 0 Å². The van der Waals surface area contributed by atoms with Crippen molar-refractivity contribution in [3.05, 3.63) is 64.8 Å². The van der Waals surface area contributed by atoms with Gasteiger partial charge < -0.3 is 10.2 Å². The quantitative estimate of drug-likeness (QED) is 0.712. The molecule has 4 rings (SSSR count). The summed E-state index contributed by atoms with van der Waals surface area (Å²) in [5.74, 6) is -0.387. The lowest BCUT2D eigenvalue weighted by molar-refractivity contribution is -0.117. The normalized spacial score (nSPS) is 14.9. The van der Waals surface area contributed by atoms with Gasteiger partial charge >= 0.3 is 0 Å². The molecule has 5 nitrogen and oxygen atoms in total. The second kappa shape index (κ2) is 8.31. The standard InChI is InChI=1S/C22H22FN3O2S/c1-15-2-5-18(6-3-15)24-21(27)14-25-8-10-26(11-9-25)22(28)20-13-16-12-17(23)4-7-19(16)29-20/h2-7,12-13H,8-11,14H2,1H3,(H,24,27). The highest BCUT2D eigenvalue weighted by molar-refractivity contribution is 7.20. The van der Waals surface area contributed by atoms with Crippen LogP contribution in [-0.2, 0) is 4.79 Å². The van der Waals surface area contributed by atoms with E-state index in [9.17, 15) is 14.0 Å². The van der Waals surface area contributed by atoms with Gasteiger partial charge in [-0.1, -0.05) is 17.7 Å². The molecule has 0 aliphatic carbocycles. The molecular weight excluding hydrogens is 389 g/mol. The number of aryl methyl sites for hydroxylation is 1. The molecular formula is C22H22FN3O2S. The fraction of sp³-hybridized carbons (Fsp3) is 0.273. The van der Waals surface area contributed by atoms with Crippen LogP contribution >= 0.6 is 11.3 Å². The third-order valence-electron chi connectivity index (χ3n) is 5.05. The van der Waals surface area contributed by atoms with Crippen molar-refractivity contribution in [1.82, 2.24) is 9.80 Å². The summed E-state index contributed by atoms with van der Waals surface area (Å²) < 4.78 is 14.3. The number of nitrogens with one attached hydrogen (secondary N) is 1. The van der Waals surface area contributed by atoms with Crippen LogP contribution in [0.2, 0.25) is 0 Å². The maximum absolute atomic E-state index is 13.4. The minimum Gasteiger partial charge on any atom is -0.335 e. The fourth-order valence-electron chi connectivity index (χ4n) is 3.43. The van der Waals surface area contributed by atoms with Crippen molar-refractivity contribution < 1.29 is 14.0 Å². The molecule has 1 aliphatic heterocycles. The van der Waals surface area contributed by atoms with Crippen LogP contribution < -0.4 is 5.32 Å². The van der Waals surface area contributed by atoms with Gasteiger partial charge in [0, 0.05) is 36.6 Å². The summed E-state index contributed by atoms with van der Waals surface area (Å²) in [6.07, 6.45) is 0. The number of thiophene rings is 1. The summed E-state index contributed by atoms with van der Waals surface area (Å²) in [7, 11) is 0. The summed E-state index contributed by atoms with van der Waals surface area (Å²) >= 11 is 1.39. The fourth-order valence-corrected chi connectivity index (χ4v) is 4.44. The van der Waals surface area contributed by atoms with Gasteiger partial charge in [0.15, 0.2) is 0 Å². The molecule has 0 spiro atoms. The second-order valence-electron chi connectivity index (χ2n) is 7.28. The number of halogens is 1. The van der Waals surface area contributed by atoms with E-state index in [0.717, 1.165) is 21.3 Å². The molecule has 2 heterocycles. The minimum atomic E-state index is -0.299. The molecule has 0 saturated carbocycles. The van der Waals surface area contributed by atoms with E-state index in [1.54, 1.807) is 17.0 Å². The number of fused-ring (bicyclic) bond motifs is 1. The lowest BCUT2D eigenvalue weighted by Crippen LogP contribution is -2.50. The number of benzene rings is 2. The minimum absolute atomic E-state index is 0.0321. The molecule has 1 saturated heterocycles. The Hall–Kier alpha value is -2.77. The van der Waals surface area contributed by atoms with Crippen molar-refractivity contribution in [2.75, 3.05) is 38.0 Å². The van der Waals surface area contributed by atoms with E-state index >= 15 is 0 Å². The number of rotatable bonds is 4. The first-order valence-corrected chi connectivity index (χ1v) is 10.4. The Morgan fingerprint density at radius 3 is 2.48 bits per heavy atom. The highest BCUT2D eigenvalue weighted by atomic mass is 32.1. The topological polar surface area (TPSA) is 52.7 Å². The van der Waals surface area contributed by atoms with Crippen molar-refractivity contribution in [3.8, 4) is 0 Å². The number of hydrogen-bond donors (Lipinski definition) is 1. The molecule has 0 radical (unpaired) electrons. The van der Waals surface area contributed by atoms with Gasteiger partial charge in [-0.05, 0) is 48.7 Å². The van der Waals surface area contributed by atoms with Gasteiger partial charge in [-0.3, -0.25) is 14.5 Å². The number of amides is 2. The number of piperazine rings is 1. The zero-order valence-corrected chi connectivity index (χ0v) is 17.0. The molecule has 1 N–H and O–H groups in total. The Morgan fingerprint density at radius 2 is 1.76 bits per heavy atom. The highest BCUT2D eigenvalue weighted by Crippen LogP contribution is 2.27. The maximum Gasteiger partial charge on any atom is 0.264 e. The van der Waals surface area contributed by atoms with E-state index in [1.807, 2.05) is 36.1 Å². The Bertz CT molecular complexity index is 1040. The van der Waals surface area contributed by atoms with Crippen LogP contribution in [-0.4, -0.2) is 54.3 Å². The first kappa shape index (κ1) is 19.5. The van der Waals surface area contributed by atoms with Crippen LogP contribution in [0.25, 0.3) is 10.1 Å². The van der Waals surface area contributed by atoms with Gasteiger partial charge in [-0.25, -0.2) is 4.39 Å². The van der Waals surface area contributed by atoms with Crippen molar-refractivity contribution in [2.45, 2.75) is 6.92 Å². The van der Waals surface area contributed by atoms with Gasteiger partial charge in [0.1, 0.15) is 5.82 Å². The van der Waals surface area contributed by atoms with Crippen LogP contribution in [0.3, 0.4) is 0 Å². The number of nitrogens with zero attached hydrogens (tertiary/aromatic N) is 2. The molecule has 0 atom stereocenters. The molecule has 7 heteroatoms. The van der Waals surface area contributed by atoms with Crippen LogP contribution in [0.4, 0.5) is 10.1 Å². The van der Waals surface area contributed by atoms with Gasteiger partial charge in [-0.15, -0.1) is 11.3 Å². The largest absolute Gasteiger partial charge is 0.335 e. The van der Waals surface area contributed by atoms with Gasteiger partial charge in [0.25, 0.3) is 5.91 Å². The lowest BCUT2D eigenvalue weighted by Gasteiger charge is -2.34. The molecule has 1 aromatic heterocycles. The molecule has 2 aromatic carbocycles. The van der Waals surface area contributed by atoms with E-state index in [0.29, 0.717) is 37.6 Å². The van der Waals surface area contributed by atoms with E-state index in [2.05, 4.69) is 5.32 Å². The first-order valence-electron chi connectivity index (χ1n) is 9.55. The summed E-state index contributed by atoms with van der Waals surface area (Å²) in [6.45, 7) is 4.74. The smallest absolute Gasteiger partial charge is 0.264 e. The van der Waals surface area contributed by atoms with Crippen molar-refractivity contribution in [3.63, 3.8) is 0 Å². The maximum atomic E-state index is 13.4. The van der Waals surface area contributed by atoms with E-state index in [4.69, 9.17) is 0 Å². The highest BCUT2D eigenvalue weighted by Gasteiger charge is 2.24. The van der Waals surface area contributed by atoms with Gasteiger partial charge in [0.2, 0.25) is 5.91 Å². The molecule has 0 bridgehead atoms. The monoisotopic (exact) mass is 411 g/mol. The molecule has 0 unspecified atom stereocenters. The van der Waals surface area contributed by atoms with Gasteiger partial charge in [-0.2, -0.15) is 0 Å². The zero-order valence-electron chi connectivity index (χ0n) is 16.2. The number of anilines is 1. The van der Waals surface area contributed by atoms with Crippen molar-refractivity contribution in [2.24, 2.45) is 0 Å². The van der Waals surface area contributed by atoms with Gasteiger partial charge in [0.05, 0.1) is 11.4 Å². The van der Waals surface area contributed by atoms with E-state index in [1.165, 1.54) is 23.5 Å². The van der Waals surface area contributed by atoms with Crippen LogP contribution in [0.1, 0.15) is 15.2 Å². The van der Waals surface area contributed by atoms with Crippen molar-refractivity contribution >= 4 is 38.9 Å². The number of hydrogen-bond acceptors (Lipinski definition) is 4. The summed E-state index contributed by atoms with van der Waals surface area (Å²) in [4.78, 5) is 29.5. The third-order valence-corrected chi connectivity index (χ3v) is 6.16. The zero-order chi connectivity index (χ0) is 20.4. The Balaban J connectivity index is 1.30. The molecule has 3 aromatic rings. The average Bonchev–Trinajstić information content (AvgIpc) is 3.13. The summed E-state index contributed by atoms with van der Waals surface area (Å²) in [6, 6.07) is 14.0. The van der Waals surface area contributed by atoms with E-state index in [-0.39, 0.29) is 17.6 Å². The summed E-state index contributed by atoms with van der Waals surface area (Å²) in [5, 5.41) is 3.66. The number of carbonyl (C=O) groups excluding carboxylic acids is 2. The Morgan fingerprint density at radius 1 is 1.03 bits per heavy atom. The second-order valence-corrected chi connectivity index (χ2v) is 8.36. The molecule has 2 amide bonds. The number of carbonyl (C=O) groups is 2. The Kier molecular flexibility index (Phi) is 5.60. The Labute approximate surface area is 172 Å². The molecule has 150 valence electrons. The van der Waals surface area contributed by atoms with Crippen molar-refractivity contribution in [1.29, 1.82) is 0 Å². The molecule has 29 heavy (non-hydrogen) atoms. The van der Waals surface area contributed by atoms with Crippen LogP contribution in [0.15, 0.2) is 48.5 Å². The molecule has 1 aliphatic rings. The summed E-state index contributed by atoms with van der Waals surface area (Å²) in [5.41, 5.74) is 1.93. The first-order chi connectivity index (χ1) is 14.0. The average molecular weight is 412 g/mol. The molecule has 1 fully saturated rings. The van der Waals surface area contributed by atoms with Crippen LogP contribution in [0, 0.1) is 12.7 Å². The SMILES string of the molecule is Cc1ccc(NC(=O)CN2CCN(C(=O)c3cc4cc(F)ccc4s3)CC2)cc1. The predicted octanol–water partition coefficient (Wildman–Crippen LogP) is 3.75. The van der Waals surface area contributed by atoms with E-state index < -0.39 is 0 Å². The lowest BCUT2D eigenvalue weighted by atomic mass is 10.2. The third kappa shape index (κ3) is 4.63. The predicted molar refractivity (Wildman–Crippen MR) is 114 cm³/mol.